The van der Waals surface area contributed by atoms with E-state index in [1.807, 2.05) is 30.9 Å². The number of aromatic nitrogens is 6. The van der Waals surface area contributed by atoms with Gasteiger partial charge >= 0.3 is 0 Å². The summed E-state index contributed by atoms with van der Waals surface area (Å²) < 4.78 is 12.8. The van der Waals surface area contributed by atoms with Crippen molar-refractivity contribution in [3.63, 3.8) is 0 Å². The first-order valence-electron chi connectivity index (χ1n) is 13.3. The Bertz CT molecular complexity index is 1600. The maximum Gasteiger partial charge on any atom is 0.207 e. The monoisotopic (exact) mass is 536 g/mol. The van der Waals surface area contributed by atoms with Gasteiger partial charge in [0.15, 0.2) is 11.5 Å². The summed E-state index contributed by atoms with van der Waals surface area (Å²) in [6, 6.07) is 18.6. The third-order valence-corrected chi connectivity index (χ3v) is 7.38. The first-order valence-corrected chi connectivity index (χ1v) is 13.3. The molecule has 0 saturated carbocycles. The molecule has 3 aromatic carbocycles. The van der Waals surface area contributed by atoms with Gasteiger partial charge in [0.05, 0.1) is 26.2 Å². The molecule has 204 valence electrons. The Balaban J connectivity index is 1.08. The van der Waals surface area contributed by atoms with E-state index in [1.54, 1.807) is 26.4 Å². The molecule has 0 atom stereocenters. The minimum atomic E-state index is 0.418. The predicted octanol–water partition coefficient (Wildman–Crippen LogP) is 3.77. The highest BCUT2D eigenvalue weighted by Crippen LogP contribution is 2.35. The molecule has 1 aliphatic rings. The molecular weight excluding hydrogens is 504 g/mol. The Labute approximate surface area is 233 Å². The normalized spacial score (nSPS) is 13.2. The highest BCUT2D eigenvalue weighted by Gasteiger charge is 2.18. The SMILES string of the molecule is COc1cc(N)c(-c2nnn(-c3ccc(CCN4CCc5ccc(Cn6ccnc6)cc5C4)cc3)n2)cc1OC. The number of tetrazole rings is 1. The number of hydrogen-bond acceptors (Lipinski definition) is 8. The first kappa shape index (κ1) is 25.6. The van der Waals surface area contributed by atoms with Crippen molar-refractivity contribution < 1.29 is 9.47 Å². The number of nitrogens with zero attached hydrogens (tertiary/aromatic N) is 7. The fraction of sp³-hybridized carbons (Fsp3) is 0.267. The van der Waals surface area contributed by atoms with Gasteiger partial charge in [-0.2, -0.15) is 0 Å². The molecule has 0 fully saturated rings. The Morgan fingerprint density at radius 2 is 1.73 bits per heavy atom. The van der Waals surface area contributed by atoms with Crippen LogP contribution in [0.1, 0.15) is 22.3 Å². The van der Waals surface area contributed by atoms with Gasteiger partial charge < -0.3 is 19.8 Å². The van der Waals surface area contributed by atoms with Crippen molar-refractivity contribution in [2.75, 3.05) is 33.0 Å². The molecule has 0 unspecified atom stereocenters. The van der Waals surface area contributed by atoms with Crippen LogP contribution in [0, 0.1) is 0 Å². The summed E-state index contributed by atoms with van der Waals surface area (Å²) in [5.74, 6) is 1.52. The van der Waals surface area contributed by atoms with E-state index < -0.39 is 0 Å². The van der Waals surface area contributed by atoms with Gasteiger partial charge in [0.1, 0.15) is 0 Å². The van der Waals surface area contributed by atoms with Crippen LogP contribution in [0.25, 0.3) is 17.1 Å². The van der Waals surface area contributed by atoms with Crippen LogP contribution in [0.2, 0.25) is 0 Å². The third-order valence-electron chi connectivity index (χ3n) is 7.38. The molecule has 10 heteroatoms. The number of rotatable bonds is 9. The zero-order valence-electron chi connectivity index (χ0n) is 22.7. The summed E-state index contributed by atoms with van der Waals surface area (Å²) in [6.07, 6.45) is 7.75. The number of ether oxygens (including phenoxy) is 2. The second-order valence-electron chi connectivity index (χ2n) is 9.98. The van der Waals surface area contributed by atoms with Gasteiger partial charge in [-0.15, -0.1) is 15.0 Å². The maximum atomic E-state index is 6.22. The Morgan fingerprint density at radius 3 is 2.50 bits per heavy atom. The summed E-state index contributed by atoms with van der Waals surface area (Å²) in [6.45, 7) is 3.92. The van der Waals surface area contributed by atoms with Crippen LogP contribution < -0.4 is 15.2 Å². The molecule has 0 saturated heterocycles. The van der Waals surface area contributed by atoms with Gasteiger partial charge in [0.25, 0.3) is 0 Å². The van der Waals surface area contributed by atoms with Gasteiger partial charge in [0, 0.05) is 55.9 Å². The number of nitrogen functional groups attached to an aromatic ring is 1. The standard InChI is InChI=1S/C30H32N8O2/c1-39-28-16-26(27(31)17-29(28)40-2)30-33-35-38(34-30)25-7-4-21(5-8-25)9-12-36-13-10-23-6-3-22(15-24(23)19-36)18-37-14-11-32-20-37/h3-8,11,14-17,20H,9-10,12-13,18-19,31H2,1-2H3. The molecule has 10 nitrogen and oxygen atoms in total. The summed E-state index contributed by atoms with van der Waals surface area (Å²) in [7, 11) is 3.15. The molecule has 1 aliphatic heterocycles. The van der Waals surface area contributed by atoms with Crippen LogP contribution in [0.4, 0.5) is 5.69 Å². The van der Waals surface area contributed by atoms with Gasteiger partial charge in [-0.05, 0) is 58.5 Å². The lowest BCUT2D eigenvalue weighted by Crippen LogP contribution is -2.32. The van der Waals surface area contributed by atoms with Gasteiger partial charge in [0.2, 0.25) is 5.82 Å². The number of imidazole rings is 1. The highest BCUT2D eigenvalue weighted by molar-refractivity contribution is 5.75. The van der Waals surface area contributed by atoms with Crippen LogP contribution in [0.15, 0.2) is 73.3 Å². The average molecular weight is 537 g/mol. The fourth-order valence-electron chi connectivity index (χ4n) is 5.15. The molecule has 0 radical (unpaired) electrons. The van der Waals surface area contributed by atoms with E-state index in [-0.39, 0.29) is 0 Å². The largest absolute Gasteiger partial charge is 0.493 e. The van der Waals surface area contributed by atoms with Crippen molar-refractivity contribution in [2.45, 2.75) is 25.9 Å². The van der Waals surface area contributed by atoms with Crippen LogP contribution in [0.3, 0.4) is 0 Å². The van der Waals surface area contributed by atoms with Crippen molar-refractivity contribution in [1.29, 1.82) is 0 Å². The second kappa shape index (κ2) is 11.2. The highest BCUT2D eigenvalue weighted by atomic mass is 16.5. The molecule has 40 heavy (non-hydrogen) atoms. The number of nitrogens with two attached hydrogens (primary N) is 1. The number of methoxy groups -OCH3 is 2. The molecule has 0 aliphatic carbocycles. The topological polar surface area (TPSA) is 109 Å². The zero-order valence-corrected chi connectivity index (χ0v) is 22.7. The number of anilines is 1. The quantitative estimate of drug-likeness (QED) is 0.284. The summed E-state index contributed by atoms with van der Waals surface area (Å²) in [4.78, 5) is 8.20. The van der Waals surface area contributed by atoms with Crippen molar-refractivity contribution in [1.82, 2.24) is 34.7 Å². The van der Waals surface area contributed by atoms with Crippen LogP contribution >= 0.6 is 0 Å². The lowest BCUT2D eigenvalue weighted by molar-refractivity contribution is 0.257. The van der Waals surface area contributed by atoms with Crippen molar-refractivity contribution in [3.8, 4) is 28.6 Å². The zero-order chi connectivity index (χ0) is 27.5. The lowest BCUT2D eigenvalue weighted by atomic mass is 9.97. The molecule has 2 aromatic heterocycles. The molecule has 5 aromatic rings. The van der Waals surface area contributed by atoms with E-state index in [1.165, 1.54) is 27.1 Å². The van der Waals surface area contributed by atoms with E-state index in [9.17, 15) is 0 Å². The molecule has 0 amide bonds. The predicted molar refractivity (Wildman–Crippen MR) is 153 cm³/mol. The maximum absolute atomic E-state index is 6.22. The lowest BCUT2D eigenvalue weighted by Gasteiger charge is -2.29. The Morgan fingerprint density at radius 1 is 0.925 bits per heavy atom. The average Bonchev–Trinajstić information content (AvgIpc) is 3.69. The van der Waals surface area contributed by atoms with Crippen molar-refractivity contribution in [3.05, 3.63) is 95.6 Å². The molecule has 6 rings (SSSR count). The summed E-state index contributed by atoms with van der Waals surface area (Å²) >= 11 is 0. The van der Waals surface area contributed by atoms with E-state index in [4.69, 9.17) is 15.2 Å². The van der Waals surface area contributed by atoms with Gasteiger partial charge in [-0.25, -0.2) is 4.98 Å². The minimum Gasteiger partial charge on any atom is -0.493 e. The number of fused-ring (bicyclic) bond motifs is 1. The number of benzene rings is 3. The minimum absolute atomic E-state index is 0.418. The van der Waals surface area contributed by atoms with Crippen LogP contribution in [-0.4, -0.2) is 62.0 Å². The molecule has 3 heterocycles. The Hall–Kier alpha value is -4.70. The Kier molecular flexibility index (Phi) is 7.15. The molecular formula is C30H32N8O2. The third kappa shape index (κ3) is 5.39. The van der Waals surface area contributed by atoms with Crippen LogP contribution in [-0.2, 0) is 25.9 Å². The van der Waals surface area contributed by atoms with Crippen molar-refractivity contribution >= 4 is 5.69 Å². The van der Waals surface area contributed by atoms with E-state index in [0.29, 0.717) is 28.6 Å². The van der Waals surface area contributed by atoms with Gasteiger partial charge in [-0.3, -0.25) is 4.90 Å². The first-order chi connectivity index (χ1) is 19.6. The summed E-state index contributed by atoms with van der Waals surface area (Å²) in [5, 5.41) is 13.0. The number of hydrogen-bond donors (Lipinski definition) is 1. The van der Waals surface area contributed by atoms with Gasteiger partial charge in [-0.1, -0.05) is 30.3 Å². The van der Waals surface area contributed by atoms with E-state index in [2.05, 4.69) is 60.2 Å². The second-order valence-corrected chi connectivity index (χ2v) is 9.98. The van der Waals surface area contributed by atoms with Crippen molar-refractivity contribution in [2.24, 2.45) is 0 Å². The smallest absolute Gasteiger partial charge is 0.207 e. The summed E-state index contributed by atoms with van der Waals surface area (Å²) in [5.41, 5.74) is 13.7. The molecule has 0 spiro atoms. The van der Waals surface area contributed by atoms with E-state index >= 15 is 0 Å². The molecule has 2 N–H and O–H groups in total. The van der Waals surface area contributed by atoms with Crippen LogP contribution in [0.5, 0.6) is 11.5 Å². The molecule has 0 bridgehead atoms. The fourth-order valence-corrected chi connectivity index (χ4v) is 5.15. The van der Waals surface area contributed by atoms with E-state index in [0.717, 1.165) is 44.7 Å².